The van der Waals surface area contributed by atoms with Gasteiger partial charge in [-0.3, -0.25) is 9.59 Å². The van der Waals surface area contributed by atoms with E-state index in [1.807, 2.05) is 11.0 Å². The molecule has 0 atom stereocenters. The molecule has 0 unspecified atom stereocenters. The van der Waals surface area contributed by atoms with E-state index in [1.54, 1.807) is 35.2 Å². The molecule has 0 saturated carbocycles. The lowest BCUT2D eigenvalue weighted by molar-refractivity contribution is -0.118. The molecule has 6 nitrogen and oxygen atoms in total. The van der Waals surface area contributed by atoms with Gasteiger partial charge in [-0.15, -0.1) is 0 Å². The summed E-state index contributed by atoms with van der Waals surface area (Å²) in [6, 6.07) is 11.7. The average molecular weight is 355 g/mol. The van der Waals surface area contributed by atoms with Crippen LogP contribution in [0.15, 0.2) is 42.5 Å². The molecule has 0 aliphatic carbocycles. The number of nitrogens with zero attached hydrogens (tertiary/aromatic N) is 2. The van der Waals surface area contributed by atoms with Crippen LogP contribution < -0.4 is 15.0 Å². The zero-order chi connectivity index (χ0) is 18.1. The Morgan fingerprint density at radius 3 is 2.62 bits per heavy atom. The SMILES string of the molecule is O=C1COc2cc(C(=O)N3CCN(c4ccccc4F)CC3)ccc2N1. The molecule has 2 aromatic carbocycles. The van der Waals surface area contributed by atoms with Crippen LogP contribution in [0.4, 0.5) is 15.8 Å². The number of hydrogen-bond acceptors (Lipinski definition) is 4. The van der Waals surface area contributed by atoms with Crippen LogP contribution in [0.3, 0.4) is 0 Å². The average Bonchev–Trinajstić information content (AvgIpc) is 2.67. The number of carbonyl (C=O) groups is 2. The predicted molar refractivity (Wildman–Crippen MR) is 95.1 cm³/mol. The molecule has 1 saturated heterocycles. The Bertz CT molecular complexity index is 863. The lowest BCUT2D eigenvalue weighted by Gasteiger charge is -2.36. The summed E-state index contributed by atoms with van der Waals surface area (Å²) in [4.78, 5) is 27.8. The number of carbonyl (C=O) groups excluding carboxylic acids is 2. The molecule has 26 heavy (non-hydrogen) atoms. The molecule has 2 heterocycles. The maximum atomic E-state index is 13.9. The minimum Gasteiger partial charge on any atom is -0.482 e. The zero-order valence-electron chi connectivity index (χ0n) is 14.1. The molecule has 2 aromatic rings. The lowest BCUT2D eigenvalue weighted by atomic mass is 10.1. The molecule has 1 N–H and O–H groups in total. The van der Waals surface area contributed by atoms with Crippen LogP contribution in [0.2, 0.25) is 0 Å². The number of rotatable bonds is 2. The molecule has 7 heteroatoms. The van der Waals surface area contributed by atoms with Crippen LogP contribution in [0, 0.1) is 5.82 Å². The number of hydrogen-bond donors (Lipinski definition) is 1. The highest BCUT2D eigenvalue weighted by Crippen LogP contribution is 2.29. The van der Waals surface area contributed by atoms with E-state index in [9.17, 15) is 14.0 Å². The van der Waals surface area contributed by atoms with E-state index in [2.05, 4.69) is 5.32 Å². The minimum atomic E-state index is -0.249. The van der Waals surface area contributed by atoms with Crippen LogP contribution in [0.25, 0.3) is 0 Å². The second-order valence-electron chi connectivity index (χ2n) is 6.28. The smallest absolute Gasteiger partial charge is 0.262 e. The van der Waals surface area contributed by atoms with E-state index in [4.69, 9.17) is 4.74 Å². The van der Waals surface area contributed by atoms with Gasteiger partial charge in [0.15, 0.2) is 6.61 Å². The van der Waals surface area contributed by atoms with E-state index in [1.165, 1.54) is 6.07 Å². The van der Waals surface area contributed by atoms with E-state index >= 15 is 0 Å². The first-order valence-corrected chi connectivity index (χ1v) is 8.47. The molecule has 2 amide bonds. The standard InChI is InChI=1S/C19H18FN3O3/c20-14-3-1-2-4-16(14)22-7-9-23(10-8-22)19(25)13-5-6-15-17(11-13)26-12-18(24)21-15/h1-6,11H,7-10,12H2,(H,21,24). The summed E-state index contributed by atoms with van der Waals surface area (Å²) in [7, 11) is 0. The third-order valence-corrected chi connectivity index (χ3v) is 4.62. The number of piperazine rings is 1. The number of benzene rings is 2. The van der Waals surface area contributed by atoms with Crippen molar-refractivity contribution >= 4 is 23.2 Å². The molecule has 0 spiro atoms. The van der Waals surface area contributed by atoms with E-state index < -0.39 is 0 Å². The Hall–Kier alpha value is -3.09. The van der Waals surface area contributed by atoms with Crippen molar-refractivity contribution in [2.24, 2.45) is 0 Å². The number of anilines is 2. The number of ether oxygens (including phenoxy) is 1. The van der Waals surface area contributed by atoms with Crippen molar-refractivity contribution in [3.05, 3.63) is 53.8 Å². The second-order valence-corrected chi connectivity index (χ2v) is 6.28. The normalized spacial score (nSPS) is 16.6. The third-order valence-electron chi connectivity index (χ3n) is 4.62. The topological polar surface area (TPSA) is 61.9 Å². The summed E-state index contributed by atoms with van der Waals surface area (Å²) < 4.78 is 19.3. The van der Waals surface area contributed by atoms with Gasteiger partial charge in [-0.1, -0.05) is 12.1 Å². The fourth-order valence-electron chi connectivity index (χ4n) is 3.25. The Balaban J connectivity index is 1.44. The highest BCUT2D eigenvalue weighted by Gasteiger charge is 2.25. The van der Waals surface area contributed by atoms with Crippen LogP contribution >= 0.6 is 0 Å². The van der Waals surface area contributed by atoms with Crippen molar-refractivity contribution in [1.29, 1.82) is 0 Å². The van der Waals surface area contributed by atoms with Crippen LogP contribution in [0.5, 0.6) is 5.75 Å². The largest absolute Gasteiger partial charge is 0.482 e. The van der Waals surface area contributed by atoms with Crippen LogP contribution in [-0.4, -0.2) is 49.5 Å². The molecule has 0 aromatic heterocycles. The monoisotopic (exact) mass is 355 g/mol. The van der Waals surface area contributed by atoms with E-state index in [0.29, 0.717) is 48.9 Å². The fourth-order valence-corrected chi connectivity index (χ4v) is 3.25. The van der Waals surface area contributed by atoms with Gasteiger partial charge in [-0.2, -0.15) is 0 Å². The van der Waals surface area contributed by atoms with Crippen molar-refractivity contribution in [3.63, 3.8) is 0 Å². The number of fused-ring (bicyclic) bond motifs is 1. The molecule has 2 aliphatic rings. The first kappa shape index (κ1) is 16.4. The van der Waals surface area contributed by atoms with Crippen molar-refractivity contribution < 1.29 is 18.7 Å². The van der Waals surface area contributed by atoms with Crippen molar-refractivity contribution in [3.8, 4) is 5.75 Å². The first-order chi connectivity index (χ1) is 12.6. The van der Waals surface area contributed by atoms with E-state index in [0.717, 1.165) is 0 Å². The summed E-state index contributed by atoms with van der Waals surface area (Å²) in [5.74, 6) is -0.0519. The quantitative estimate of drug-likeness (QED) is 0.896. The zero-order valence-corrected chi connectivity index (χ0v) is 14.1. The number of para-hydroxylation sites is 1. The molecule has 0 radical (unpaired) electrons. The fraction of sp³-hybridized carbons (Fsp3) is 0.263. The molecule has 0 bridgehead atoms. The van der Waals surface area contributed by atoms with Gasteiger partial charge in [0.1, 0.15) is 11.6 Å². The van der Waals surface area contributed by atoms with Gasteiger partial charge >= 0.3 is 0 Å². The lowest BCUT2D eigenvalue weighted by Crippen LogP contribution is -2.49. The number of amides is 2. The van der Waals surface area contributed by atoms with Crippen molar-refractivity contribution in [2.75, 3.05) is 43.0 Å². The molecular formula is C19H18FN3O3. The van der Waals surface area contributed by atoms with Crippen LogP contribution in [0.1, 0.15) is 10.4 Å². The minimum absolute atomic E-state index is 0.0496. The molecular weight excluding hydrogens is 337 g/mol. The van der Waals surface area contributed by atoms with Gasteiger partial charge in [0, 0.05) is 31.7 Å². The second kappa shape index (κ2) is 6.67. The summed E-state index contributed by atoms with van der Waals surface area (Å²) in [5, 5.41) is 2.70. The van der Waals surface area contributed by atoms with Crippen molar-refractivity contribution in [2.45, 2.75) is 0 Å². The van der Waals surface area contributed by atoms with Gasteiger partial charge < -0.3 is 19.9 Å². The van der Waals surface area contributed by atoms with Crippen molar-refractivity contribution in [1.82, 2.24) is 4.90 Å². The predicted octanol–water partition coefficient (Wildman–Crippen LogP) is 2.12. The third kappa shape index (κ3) is 3.08. The number of halogens is 1. The maximum absolute atomic E-state index is 13.9. The Kier molecular flexibility index (Phi) is 4.20. The van der Waals surface area contributed by atoms with Crippen LogP contribution in [-0.2, 0) is 4.79 Å². The van der Waals surface area contributed by atoms with Gasteiger partial charge in [0.05, 0.1) is 11.4 Å². The molecule has 134 valence electrons. The Morgan fingerprint density at radius 2 is 1.85 bits per heavy atom. The molecule has 2 aliphatic heterocycles. The summed E-state index contributed by atoms with van der Waals surface area (Å²) in [6.45, 7) is 2.13. The maximum Gasteiger partial charge on any atom is 0.262 e. The van der Waals surface area contributed by atoms with E-state index in [-0.39, 0.29) is 24.2 Å². The van der Waals surface area contributed by atoms with Gasteiger partial charge in [-0.05, 0) is 30.3 Å². The summed E-state index contributed by atoms with van der Waals surface area (Å²) in [5.41, 5.74) is 1.65. The molecule has 4 rings (SSSR count). The highest BCUT2D eigenvalue weighted by atomic mass is 19.1. The van der Waals surface area contributed by atoms with Gasteiger partial charge in [-0.25, -0.2) is 4.39 Å². The summed E-state index contributed by atoms with van der Waals surface area (Å²) in [6.07, 6.45) is 0. The number of nitrogens with one attached hydrogen (secondary N) is 1. The van der Waals surface area contributed by atoms with Gasteiger partial charge in [0.25, 0.3) is 11.8 Å². The molecule has 1 fully saturated rings. The first-order valence-electron chi connectivity index (χ1n) is 8.47. The Labute approximate surface area is 150 Å². The van der Waals surface area contributed by atoms with Gasteiger partial charge in [0.2, 0.25) is 0 Å². The highest BCUT2D eigenvalue weighted by molar-refractivity contribution is 5.99. The Morgan fingerprint density at radius 1 is 1.08 bits per heavy atom. The summed E-state index contributed by atoms with van der Waals surface area (Å²) >= 11 is 0.